The second-order valence-corrected chi connectivity index (χ2v) is 8.96. The number of rotatable bonds is 5. The van der Waals surface area contributed by atoms with Crippen molar-refractivity contribution in [2.75, 3.05) is 32.7 Å². The van der Waals surface area contributed by atoms with Gasteiger partial charge in [0.15, 0.2) is 0 Å². The molecule has 0 unspecified atom stereocenters. The quantitative estimate of drug-likeness (QED) is 0.816. The molecule has 1 N–H and O–H groups in total. The maximum atomic E-state index is 12.8. The molecule has 1 heterocycles. The van der Waals surface area contributed by atoms with Crippen molar-refractivity contribution in [3.05, 3.63) is 64.1 Å². The number of halogens is 2. The number of hydrogen-bond acceptors (Lipinski definition) is 4. The Balaban J connectivity index is 1.64. The fourth-order valence-corrected chi connectivity index (χ4v) is 5.15. The molecule has 1 saturated heterocycles. The molecule has 1 atom stereocenters. The largest absolute Gasteiger partial charge is 0.387 e. The highest BCUT2D eigenvalue weighted by Gasteiger charge is 2.30. The van der Waals surface area contributed by atoms with E-state index in [9.17, 15) is 13.5 Å². The molecular formula is C18H20Cl2N2O3S. The molecule has 8 heteroatoms. The van der Waals surface area contributed by atoms with Crippen LogP contribution >= 0.6 is 23.2 Å². The van der Waals surface area contributed by atoms with Gasteiger partial charge in [-0.2, -0.15) is 4.31 Å². The Kier molecular flexibility index (Phi) is 6.22. The standard InChI is InChI=1S/C18H20Cl2N2O3S/c19-15-6-7-16(20)18(12-15)26(24,25)22-10-8-21(9-11-22)13-17(23)14-4-2-1-3-5-14/h1-7,12,17,23H,8-11,13H2/t17-/m1/s1. The van der Waals surface area contributed by atoms with Crippen LogP contribution in [0.15, 0.2) is 53.4 Å². The summed E-state index contributed by atoms with van der Waals surface area (Å²) in [6, 6.07) is 13.9. The van der Waals surface area contributed by atoms with Crippen molar-refractivity contribution in [2.24, 2.45) is 0 Å². The predicted molar refractivity (Wildman–Crippen MR) is 103 cm³/mol. The first-order valence-electron chi connectivity index (χ1n) is 8.28. The Morgan fingerprint density at radius 1 is 1.00 bits per heavy atom. The number of aliphatic hydroxyl groups is 1. The first-order valence-corrected chi connectivity index (χ1v) is 10.5. The van der Waals surface area contributed by atoms with E-state index < -0.39 is 16.1 Å². The third kappa shape index (κ3) is 4.39. The monoisotopic (exact) mass is 414 g/mol. The van der Waals surface area contributed by atoms with Crippen LogP contribution in [0.5, 0.6) is 0 Å². The molecule has 3 rings (SSSR count). The first-order chi connectivity index (χ1) is 12.4. The third-order valence-electron chi connectivity index (χ3n) is 4.46. The molecule has 0 saturated carbocycles. The fraction of sp³-hybridized carbons (Fsp3) is 0.333. The zero-order valence-electron chi connectivity index (χ0n) is 14.1. The Hall–Kier alpha value is -1.15. The smallest absolute Gasteiger partial charge is 0.244 e. The van der Waals surface area contributed by atoms with Crippen molar-refractivity contribution in [3.63, 3.8) is 0 Å². The highest BCUT2D eigenvalue weighted by molar-refractivity contribution is 7.89. The van der Waals surface area contributed by atoms with Crippen molar-refractivity contribution < 1.29 is 13.5 Å². The summed E-state index contributed by atoms with van der Waals surface area (Å²) in [7, 11) is -3.69. The molecule has 0 aromatic heterocycles. The summed E-state index contributed by atoms with van der Waals surface area (Å²) < 4.78 is 27.1. The van der Waals surface area contributed by atoms with Gasteiger partial charge in [-0.15, -0.1) is 0 Å². The number of aliphatic hydroxyl groups excluding tert-OH is 1. The zero-order valence-corrected chi connectivity index (χ0v) is 16.4. The zero-order chi connectivity index (χ0) is 18.7. The van der Waals surface area contributed by atoms with Gasteiger partial charge in [0.2, 0.25) is 10.0 Å². The van der Waals surface area contributed by atoms with Crippen LogP contribution < -0.4 is 0 Å². The topological polar surface area (TPSA) is 60.9 Å². The Labute approximate surface area is 163 Å². The molecule has 140 valence electrons. The van der Waals surface area contributed by atoms with Crippen molar-refractivity contribution in [1.29, 1.82) is 0 Å². The maximum Gasteiger partial charge on any atom is 0.244 e. The van der Waals surface area contributed by atoms with Gasteiger partial charge in [0.1, 0.15) is 4.90 Å². The van der Waals surface area contributed by atoms with Gasteiger partial charge in [-0.25, -0.2) is 8.42 Å². The lowest BCUT2D eigenvalue weighted by atomic mass is 10.1. The third-order valence-corrected chi connectivity index (χ3v) is 7.07. The van der Waals surface area contributed by atoms with Gasteiger partial charge in [-0.1, -0.05) is 53.5 Å². The summed E-state index contributed by atoms with van der Waals surface area (Å²) in [4.78, 5) is 2.09. The van der Waals surface area contributed by atoms with Crippen LogP contribution in [-0.4, -0.2) is 55.5 Å². The van der Waals surface area contributed by atoms with E-state index in [1.165, 1.54) is 16.4 Å². The summed E-state index contributed by atoms with van der Waals surface area (Å²) in [6.45, 7) is 2.23. The average molecular weight is 415 g/mol. The van der Waals surface area contributed by atoms with Crippen molar-refractivity contribution in [2.45, 2.75) is 11.0 Å². The Morgan fingerprint density at radius 2 is 1.65 bits per heavy atom. The summed E-state index contributed by atoms with van der Waals surface area (Å²) in [5, 5.41) is 10.8. The van der Waals surface area contributed by atoms with Gasteiger partial charge < -0.3 is 5.11 Å². The van der Waals surface area contributed by atoms with Crippen LogP contribution in [-0.2, 0) is 10.0 Å². The van der Waals surface area contributed by atoms with Gasteiger partial charge in [0.05, 0.1) is 11.1 Å². The molecule has 0 aliphatic carbocycles. The lowest BCUT2D eigenvalue weighted by molar-refractivity contribution is 0.0921. The van der Waals surface area contributed by atoms with Crippen molar-refractivity contribution >= 4 is 33.2 Å². The molecule has 0 spiro atoms. The van der Waals surface area contributed by atoms with Gasteiger partial charge >= 0.3 is 0 Å². The second-order valence-electron chi connectivity index (χ2n) is 6.21. The molecule has 2 aromatic rings. The average Bonchev–Trinajstić information content (AvgIpc) is 2.65. The molecule has 2 aromatic carbocycles. The highest BCUT2D eigenvalue weighted by atomic mass is 35.5. The normalized spacial score (nSPS) is 18.0. The number of piperazine rings is 1. The lowest BCUT2D eigenvalue weighted by Gasteiger charge is -2.35. The summed E-state index contributed by atoms with van der Waals surface area (Å²) in [5.41, 5.74) is 0.855. The highest BCUT2D eigenvalue weighted by Crippen LogP contribution is 2.28. The van der Waals surface area contributed by atoms with Crippen molar-refractivity contribution in [3.8, 4) is 0 Å². The SMILES string of the molecule is O=S(=O)(c1cc(Cl)ccc1Cl)N1CCN(C[C@@H](O)c2ccccc2)CC1. The maximum absolute atomic E-state index is 12.8. The fourth-order valence-electron chi connectivity index (χ4n) is 2.99. The summed E-state index contributed by atoms with van der Waals surface area (Å²) in [6.07, 6.45) is -0.596. The van der Waals surface area contributed by atoms with Crippen LogP contribution in [0.2, 0.25) is 10.0 Å². The van der Waals surface area contributed by atoms with E-state index in [4.69, 9.17) is 23.2 Å². The number of hydrogen-bond donors (Lipinski definition) is 1. The van der Waals surface area contributed by atoms with Gasteiger partial charge in [-0.05, 0) is 23.8 Å². The second kappa shape index (κ2) is 8.25. The number of benzene rings is 2. The van der Waals surface area contributed by atoms with E-state index in [0.717, 1.165) is 5.56 Å². The minimum Gasteiger partial charge on any atom is -0.387 e. The van der Waals surface area contributed by atoms with E-state index in [2.05, 4.69) is 4.90 Å². The van der Waals surface area contributed by atoms with Gasteiger partial charge in [0, 0.05) is 37.7 Å². The van der Waals surface area contributed by atoms with E-state index >= 15 is 0 Å². The molecular weight excluding hydrogens is 395 g/mol. The lowest BCUT2D eigenvalue weighted by Crippen LogP contribution is -2.49. The van der Waals surface area contributed by atoms with Crippen LogP contribution in [0.4, 0.5) is 0 Å². The van der Waals surface area contributed by atoms with Crippen LogP contribution in [0.3, 0.4) is 0 Å². The molecule has 26 heavy (non-hydrogen) atoms. The van der Waals surface area contributed by atoms with E-state index in [1.54, 1.807) is 6.07 Å². The van der Waals surface area contributed by atoms with E-state index in [-0.39, 0.29) is 9.92 Å². The van der Waals surface area contributed by atoms with Crippen LogP contribution in [0.25, 0.3) is 0 Å². The number of β-amino-alcohol motifs (C(OH)–C–C–N with tert-alkyl or cyclic N) is 1. The van der Waals surface area contributed by atoms with Crippen LogP contribution in [0, 0.1) is 0 Å². The summed E-state index contributed by atoms with van der Waals surface area (Å²) in [5.74, 6) is 0. The first kappa shape index (κ1) is 19.6. The minimum absolute atomic E-state index is 0.0319. The van der Waals surface area contributed by atoms with Crippen LogP contribution in [0.1, 0.15) is 11.7 Å². The summed E-state index contributed by atoms with van der Waals surface area (Å²) >= 11 is 12.0. The number of sulfonamides is 1. The van der Waals surface area contributed by atoms with E-state index in [1.807, 2.05) is 30.3 Å². The molecule has 1 aliphatic heterocycles. The van der Waals surface area contributed by atoms with Gasteiger partial charge in [-0.3, -0.25) is 4.90 Å². The Morgan fingerprint density at radius 3 is 2.31 bits per heavy atom. The number of nitrogens with zero attached hydrogens (tertiary/aromatic N) is 2. The molecule has 1 fully saturated rings. The molecule has 0 amide bonds. The molecule has 0 radical (unpaired) electrons. The van der Waals surface area contributed by atoms with E-state index in [0.29, 0.717) is 37.7 Å². The molecule has 1 aliphatic rings. The van der Waals surface area contributed by atoms with Crippen molar-refractivity contribution in [1.82, 2.24) is 9.21 Å². The predicted octanol–water partition coefficient (Wildman–Crippen LogP) is 3.03. The minimum atomic E-state index is -3.69. The van der Waals surface area contributed by atoms with Gasteiger partial charge in [0.25, 0.3) is 0 Å². The molecule has 5 nitrogen and oxygen atoms in total. The Bertz CT molecular complexity index is 854. The molecule has 0 bridgehead atoms.